The van der Waals surface area contributed by atoms with E-state index in [2.05, 4.69) is 4.90 Å². The molecule has 0 aromatic carbocycles. The molecule has 0 saturated carbocycles. The van der Waals surface area contributed by atoms with Crippen molar-refractivity contribution < 1.29 is 4.79 Å². The van der Waals surface area contributed by atoms with Gasteiger partial charge in [-0.25, -0.2) is 0 Å². The van der Waals surface area contributed by atoms with Crippen molar-refractivity contribution >= 4 is 5.91 Å². The molecule has 0 aromatic rings. The van der Waals surface area contributed by atoms with Gasteiger partial charge >= 0.3 is 0 Å². The van der Waals surface area contributed by atoms with Gasteiger partial charge in [0.15, 0.2) is 0 Å². The van der Waals surface area contributed by atoms with E-state index in [0.717, 1.165) is 13.1 Å². The predicted octanol–water partition coefficient (Wildman–Crippen LogP) is 0.668. The largest absolute Gasteiger partial charge is 0.343 e. The van der Waals surface area contributed by atoms with Gasteiger partial charge in [0.2, 0.25) is 5.91 Å². The third-order valence-corrected chi connectivity index (χ3v) is 3.52. The minimum absolute atomic E-state index is 0.0502. The van der Waals surface area contributed by atoms with Crippen LogP contribution in [0.2, 0.25) is 0 Å². The summed E-state index contributed by atoms with van der Waals surface area (Å²) in [6.07, 6.45) is 3.27. The standard InChI is InChI=1S/C12H25N3O/c1-4-12(2,13)11(16)14(3)9-10-15-7-5-6-8-15/h4-10,13H2,1-3H3. The van der Waals surface area contributed by atoms with Gasteiger partial charge in [-0.15, -0.1) is 0 Å². The Kier molecular flexibility index (Phi) is 4.74. The molecule has 2 N–H and O–H groups in total. The fourth-order valence-corrected chi connectivity index (χ4v) is 1.99. The maximum absolute atomic E-state index is 12.0. The van der Waals surface area contributed by atoms with Gasteiger partial charge in [-0.1, -0.05) is 6.92 Å². The van der Waals surface area contributed by atoms with E-state index < -0.39 is 5.54 Å². The zero-order valence-corrected chi connectivity index (χ0v) is 10.8. The molecule has 0 aliphatic carbocycles. The summed E-state index contributed by atoms with van der Waals surface area (Å²) in [4.78, 5) is 16.2. The highest BCUT2D eigenvalue weighted by molar-refractivity contribution is 5.85. The van der Waals surface area contributed by atoms with Crippen LogP contribution in [-0.4, -0.2) is 54.5 Å². The smallest absolute Gasteiger partial charge is 0.242 e. The number of rotatable bonds is 5. The molecule has 4 heteroatoms. The highest BCUT2D eigenvalue weighted by Crippen LogP contribution is 2.10. The number of carbonyl (C=O) groups is 1. The summed E-state index contributed by atoms with van der Waals surface area (Å²) in [7, 11) is 1.85. The highest BCUT2D eigenvalue weighted by Gasteiger charge is 2.29. The van der Waals surface area contributed by atoms with Gasteiger partial charge in [0.05, 0.1) is 5.54 Å². The number of amides is 1. The van der Waals surface area contributed by atoms with Crippen LogP contribution in [0.25, 0.3) is 0 Å². The van der Waals surface area contributed by atoms with Crippen molar-refractivity contribution in [2.24, 2.45) is 5.73 Å². The number of likely N-dealkylation sites (tertiary alicyclic amines) is 1. The Morgan fingerprint density at radius 1 is 1.44 bits per heavy atom. The normalized spacial score (nSPS) is 20.8. The van der Waals surface area contributed by atoms with Crippen molar-refractivity contribution in [2.75, 3.05) is 33.2 Å². The molecule has 0 bridgehead atoms. The van der Waals surface area contributed by atoms with Crippen LogP contribution in [0.4, 0.5) is 0 Å². The number of likely N-dealkylation sites (N-methyl/N-ethyl adjacent to an activating group) is 1. The van der Waals surface area contributed by atoms with Gasteiger partial charge in [0, 0.05) is 20.1 Å². The molecular weight excluding hydrogens is 202 g/mol. The minimum atomic E-state index is -0.709. The first kappa shape index (κ1) is 13.5. The molecule has 4 nitrogen and oxygen atoms in total. The molecule has 0 radical (unpaired) electrons. The fraction of sp³-hybridized carbons (Fsp3) is 0.917. The van der Waals surface area contributed by atoms with Crippen molar-refractivity contribution in [3.63, 3.8) is 0 Å². The quantitative estimate of drug-likeness (QED) is 0.751. The molecule has 1 unspecified atom stereocenters. The van der Waals surface area contributed by atoms with Crippen LogP contribution in [-0.2, 0) is 4.79 Å². The Hall–Kier alpha value is -0.610. The summed E-state index contributed by atoms with van der Waals surface area (Å²) in [6.45, 7) is 7.87. The van der Waals surface area contributed by atoms with E-state index in [9.17, 15) is 4.79 Å². The first-order valence-electron chi connectivity index (χ1n) is 6.24. The topological polar surface area (TPSA) is 49.6 Å². The lowest BCUT2D eigenvalue weighted by Crippen LogP contribution is -2.52. The third-order valence-electron chi connectivity index (χ3n) is 3.52. The predicted molar refractivity (Wildman–Crippen MR) is 66.2 cm³/mol. The van der Waals surface area contributed by atoms with Gasteiger partial charge in [-0.2, -0.15) is 0 Å². The molecule has 0 aromatic heterocycles. The molecule has 1 heterocycles. The number of nitrogens with two attached hydrogens (primary N) is 1. The maximum atomic E-state index is 12.0. The van der Waals surface area contributed by atoms with Gasteiger partial charge in [-0.3, -0.25) is 4.79 Å². The second-order valence-electron chi connectivity index (χ2n) is 5.05. The van der Waals surface area contributed by atoms with Crippen LogP contribution in [0.5, 0.6) is 0 Å². The molecule has 0 spiro atoms. The summed E-state index contributed by atoms with van der Waals surface area (Å²) in [5, 5.41) is 0. The molecule has 1 aliphatic heterocycles. The molecule has 16 heavy (non-hydrogen) atoms. The van der Waals surface area contributed by atoms with Crippen molar-refractivity contribution in [1.82, 2.24) is 9.80 Å². The van der Waals surface area contributed by atoms with Crippen molar-refractivity contribution in [3.8, 4) is 0 Å². The Morgan fingerprint density at radius 2 is 2.00 bits per heavy atom. The monoisotopic (exact) mass is 227 g/mol. The van der Waals surface area contributed by atoms with Crippen LogP contribution in [0.3, 0.4) is 0 Å². The van der Waals surface area contributed by atoms with Crippen LogP contribution >= 0.6 is 0 Å². The van der Waals surface area contributed by atoms with E-state index >= 15 is 0 Å². The van der Waals surface area contributed by atoms with E-state index in [1.807, 2.05) is 20.9 Å². The summed E-state index contributed by atoms with van der Waals surface area (Å²) < 4.78 is 0. The summed E-state index contributed by atoms with van der Waals surface area (Å²) in [6, 6.07) is 0. The number of carbonyl (C=O) groups excluding carboxylic acids is 1. The van der Waals surface area contributed by atoms with Crippen LogP contribution in [0, 0.1) is 0 Å². The number of hydrogen-bond donors (Lipinski definition) is 1. The summed E-state index contributed by atoms with van der Waals surface area (Å²) in [5.41, 5.74) is 5.23. The molecule has 1 aliphatic rings. The molecule has 94 valence electrons. The second-order valence-corrected chi connectivity index (χ2v) is 5.05. The zero-order valence-electron chi connectivity index (χ0n) is 10.8. The van der Waals surface area contributed by atoms with Crippen LogP contribution < -0.4 is 5.73 Å². The Balaban J connectivity index is 2.33. The van der Waals surface area contributed by atoms with E-state index in [1.165, 1.54) is 25.9 Å². The Morgan fingerprint density at radius 3 is 2.50 bits per heavy atom. The lowest BCUT2D eigenvalue weighted by atomic mass is 9.99. The first-order chi connectivity index (χ1) is 7.47. The van der Waals surface area contributed by atoms with Crippen molar-refractivity contribution in [1.29, 1.82) is 0 Å². The third kappa shape index (κ3) is 3.46. The molecule has 1 rings (SSSR count). The van der Waals surface area contributed by atoms with E-state index in [1.54, 1.807) is 4.90 Å². The van der Waals surface area contributed by atoms with Crippen LogP contribution in [0.15, 0.2) is 0 Å². The average molecular weight is 227 g/mol. The average Bonchev–Trinajstić information content (AvgIpc) is 2.77. The zero-order chi connectivity index (χ0) is 12.2. The molecule has 1 amide bonds. The summed E-state index contributed by atoms with van der Waals surface area (Å²) >= 11 is 0. The number of nitrogens with zero attached hydrogens (tertiary/aromatic N) is 2. The van der Waals surface area contributed by atoms with Gasteiger partial charge in [0.1, 0.15) is 0 Å². The van der Waals surface area contributed by atoms with Gasteiger partial charge < -0.3 is 15.5 Å². The Labute approximate surface area is 98.8 Å². The fourth-order valence-electron chi connectivity index (χ4n) is 1.99. The number of hydrogen-bond acceptors (Lipinski definition) is 3. The lowest BCUT2D eigenvalue weighted by Gasteiger charge is -2.29. The van der Waals surface area contributed by atoms with Crippen molar-refractivity contribution in [3.05, 3.63) is 0 Å². The van der Waals surface area contributed by atoms with Gasteiger partial charge in [-0.05, 0) is 39.3 Å². The molecule has 1 saturated heterocycles. The van der Waals surface area contributed by atoms with E-state index in [0.29, 0.717) is 6.42 Å². The van der Waals surface area contributed by atoms with Gasteiger partial charge in [0.25, 0.3) is 0 Å². The first-order valence-corrected chi connectivity index (χ1v) is 6.24. The summed E-state index contributed by atoms with van der Waals surface area (Å²) in [5.74, 6) is 0.0502. The molecule has 1 atom stereocenters. The van der Waals surface area contributed by atoms with E-state index in [-0.39, 0.29) is 5.91 Å². The maximum Gasteiger partial charge on any atom is 0.242 e. The van der Waals surface area contributed by atoms with E-state index in [4.69, 9.17) is 5.73 Å². The molecule has 1 fully saturated rings. The van der Waals surface area contributed by atoms with Crippen LogP contribution in [0.1, 0.15) is 33.1 Å². The van der Waals surface area contributed by atoms with Crippen molar-refractivity contribution in [2.45, 2.75) is 38.6 Å². The minimum Gasteiger partial charge on any atom is -0.343 e. The lowest BCUT2D eigenvalue weighted by molar-refractivity contribution is -0.135. The Bertz CT molecular complexity index is 234. The second kappa shape index (κ2) is 5.64. The molecular formula is C12H25N3O. The SMILES string of the molecule is CCC(C)(N)C(=O)N(C)CCN1CCCC1. The highest BCUT2D eigenvalue weighted by atomic mass is 16.2.